The molecule has 0 radical (unpaired) electrons. The number of fused-ring (bicyclic) bond motifs is 3. The van der Waals surface area contributed by atoms with E-state index in [4.69, 9.17) is 23.1 Å². The number of amides is 2. The molecule has 0 bridgehead atoms. The Morgan fingerprint density at radius 3 is 2.29 bits per heavy atom. The topological polar surface area (TPSA) is 104 Å². The second-order valence-electron chi connectivity index (χ2n) is 10.4. The number of hydrogen-bond donors (Lipinski definition) is 2. The molecule has 9 heteroatoms. The van der Waals surface area contributed by atoms with Crippen LogP contribution in [0.1, 0.15) is 57.8 Å². The summed E-state index contributed by atoms with van der Waals surface area (Å²) in [6, 6.07) is 22.0. The number of nitrogens with two attached hydrogens (primary N) is 1. The van der Waals surface area contributed by atoms with E-state index in [0.29, 0.717) is 21.2 Å². The number of thioether (sulfide) groups is 1. The Morgan fingerprint density at radius 1 is 0.976 bits per heavy atom. The SMILES string of the molecule is NC(=O)CN1C(=O)/C(=C\c2ccc3c(c2)C2CCCC2N3c2ccc(/C=C/c3ccc(C(=O)O)cc3)cc2)SC1=S. The minimum Gasteiger partial charge on any atom is -0.478 e. The van der Waals surface area contributed by atoms with Crippen molar-refractivity contribution in [1.29, 1.82) is 0 Å². The molecule has 3 aromatic rings. The highest BCUT2D eigenvalue weighted by atomic mass is 32.2. The molecule has 1 saturated carbocycles. The van der Waals surface area contributed by atoms with E-state index in [2.05, 4.69) is 41.3 Å². The summed E-state index contributed by atoms with van der Waals surface area (Å²) in [6.07, 6.45) is 9.26. The van der Waals surface area contributed by atoms with Crippen LogP contribution in [-0.2, 0) is 9.59 Å². The molecular formula is C32H27N3O4S2. The Labute approximate surface area is 247 Å². The van der Waals surface area contributed by atoms with E-state index in [0.717, 1.165) is 35.2 Å². The van der Waals surface area contributed by atoms with Crippen LogP contribution < -0.4 is 10.6 Å². The molecule has 2 atom stereocenters. The number of benzene rings is 3. The van der Waals surface area contributed by atoms with Gasteiger partial charge in [-0.05, 0) is 77.6 Å². The maximum atomic E-state index is 12.8. The van der Waals surface area contributed by atoms with Crippen molar-refractivity contribution in [1.82, 2.24) is 4.90 Å². The lowest BCUT2D eigenvalue weighted by Gasteiger charge is -2.27. The molecule has 0 spiro atoms. The first-order valence-electron chi connectivity index (χ1n) is 13.4. The first kappa shape index (κ1) is 27.0. The number of carbonyl (C=O) groups excluding carboxylic acids is 2. The smallest absolute Gasteiger partial charge is 0.335 e. The van der Waals surface area contributed by atoms with Crippen LogP contribution in [0.5, 0.6) is 0 Å². The van der Waals surface area contributed by atoms with Crippen LogP contribution in [0.25, 0.3) is 18.2 Å². The molecule has 2 amide bonds. The number of thiocarbonyl (C=S) groups is 1. The number of nitrogens with zero attached hydrogens (tertiary/aromatic N) is 2. The number of hydrogen-bond acceptors (Lipinski definition) is 6. The van der Waals surface area contributed by atoms with E-state index in [-0.39, 0.29) is 18.0 Å². The van der Waals surface area contributed by atoms with Gasteiger partial charge in [-0.2, -0.15) is 0 Å². The van der Waals surface area contributed by atoms with Crippen LogP contribution in [0.3, 0.4) is 0 Å². The first-order valence-corrected chi connectivity index (χ1v) is 14.6. The first-order chi connectivity index (χ1) is 19.8. The summed E-state index contributed by atoms with van der Waals surface area (Å²) in [5, 5.41) is 9.08. The maximum Gasteiger partial charge on any atom is 0.335 e. The van der Waals surface area contributed by atoms with E-state index in [1.807, 2.05) is 24.3 Å². The van der Waals surface area contributed by atoms with Crippen LogP contribution in [0.4, 0.5) is 11.4 Å². The molecule has 3 aliphatic rings. The molecular weight excluding hydrogens is 555 g/mol. The monoisotopic (exact) mass is 581 g/mol. The molecule has 41 heavy (non-hydrogen) atoms. The Kier molecular flexibility index (Phi) is 7.23. The highest BCUT2D eigenvalue weighted by Gasteiger charge is 2.42. The van der Waals surface area contributed by atoms with E-state index < -0.39 is 11.9 Å². The Morgan fingerprint density at radius 2 is 1.63 bits per heavy atom. The predicted molar refractivity (Wildman–Crippen MR) is 167 cm³/mol. The molecule has 2 unspecified atom stereocenters. The lowest BCUT2D eigenvalue weighted by Crippen LogP contribution is -2.36. The number of carboxylic acids is 1. The van der Waals surface area contributed by atoms with Crippen molar-refractivity contribution in [2.24, 2.45) is 5.73 Å². The number of rotatable bonds is 7. The van der Waals surface area contributed by atoms with Gasteiger partial charge in [0.05, 0.1) is 10.5 Å². The van der Waals surface area contributed by atoms with Gasteiger partial charge in [0.15, 0.2) is 0 Å². The van der Waals surface area contributed by atoms with Crippen LogP contribution in [-0.4, -0.2) is 44.7 Å². The highest BCUT2D eigenvalue weighted by Crippen LogP contribution is 2.52. The van der Waals surface area contributed by atoms with Crippen molar-refractivity contribution in [2.45, 2.75) is 31.2 Å². The summed E-state index contributed by atoms with van der Waals surface area (Å²) < 4.78 is 0.345. The molecule has 2 heterocycles. The minimum absolute atomic E-state index is 0.209. The van der Waals surface area contributed by atoms with Gasteiger partial charge in [0.1, 0.15) is 10.9 Å². The number of carbonyl (C=O) groups is 3. The van der Waals surface area contributed by atoms with Crippen molar-refractivity contribution in [3.8, 4) is 0 Å². The average Bonchev–Trinajstić information content (AvgIpc) is 3.62. The van der Waals surface area contributed by atoms with Crippen LogP contribution >= 0.6 is 24.0 Å². The lowest BCUT2D eigenvalue weighted by atomic mass is 9.96. The van der Waals surface area contributed by atoms with Crippen LogP contribution in [0.15, 0.2) is 71.6 Å². The van der Waals surface area contributed by atoms with Gasteiger partial charge in [0.25, 0.3) is 5.91 Å². The van der Waals surface area contributed by atoms with Crippen molar-refractivity contribution in [2.75, 3.05) is 11.4 Å². The molecule has 3 aromatic carbocycles. The number of carboxylic acid groups (broad SMARTS) is 1. The summed E-state index contributed by atoms with van der Waals surface area (Å²) >= 11 is 6.49. The zero-order valence-corrected chi connectivity index (χ0v) is 23.7. The van der Waals surface area contributed by atoms with Gasteiger partial charge < -0.3 is 15.7 Å². The number of primary amides is 1. The normalized spacial score (nSPS) is 20.7. The third-order valence-corrected chi connectivity index (χ3v) is 9.18. The zero-order valence-electron chi connectivity index (χ0n) is 22.0. The maximum absolute atomic E-state index is 12.8. The lowest BCUT2D eigenvalue weighted by molar-refractivity contribution is -0.127. The van der Waals surface area contributed by atoms with Crippen molar-refractivity contribution in [3.63, 3.8) is 0 Å². The third-order valence-electron chi connectivity index (χ3n) is 7.80. The summed E-state index contributed by atoms with van der Waals surface area (Å²) in [5.41, 5.74) is 12.1. The number of anilines is 2. The van der Waals surface area contributed by atoms with Gasteiger partial charge in [-0.25, -0.2) is 4.79 Å². The fourth-order valence-corrected chi connectivity index (χ4v) is 7.17. The van der Waals surface area contributed by atoms with E-state index in [1.54, 1.807) is 24.3 Å². The fourth-order valence-electron chi connectivity index (χ4n) is 5.92. The molecule has 1 saturated heterocycles. The molecule has 2 aliphatic heterocycles. The van der Waals surface area contributed by atoms with Gasteiger partial charge in [-0.3, -0.25) is 14.5 Å². The quantitative estimate of drug-likeness (QED) is 0.200. The third kappa shape index (κ3) is 5.30. The summed E-state index contributed by atoms with van der Waals surface area (Å²) in [6.45, 7) is -0.209. The fraction of sp³-hybridized carbons (Fsp3) is 0.188. The Hall–Kier alpha value is -4.21. The van der Waals surface area contributed by atoms with E-state index >= 15 is 0 Å². The Balaban J connectivity index is 1.23. The summed E-state index contributed by atoms with van der Waals surface area (Å²) in [4.78, 5) is 39.4. The molecule has 6 rings (SSSR count). The molecule has 206 valence electrons. The van der Waals surface area contributed by atoms with Gasteiger partial charge >= 0.3 is 5.97 Å². The van der Waals surface area contributed by atoms with Crippen molar-refractivity contribution >= 4 is 75.7 Å². The Bertz CT molecular complexity index is 1630. The van der Waals surface area contributed by atoms with Crippen LogP contribution in [0.2, 0.25) is 0 Å². The molecule has 3 N–H and O–H groups in total. The molecule has 7 nitrogen and oxygen atoms in total. The second kappa shape index (κ2) is 11.0. The van der Waals surface area contributed by atoms with Gasteiger partial charge in [0.2, 0.25) is 5.91 Å². The van der Waals surface area contributed by atoms with Crippen molar-refractivity contribution in [3.05, 3.63) is 99.5 Å². The standard InChI is InChI=1S/C32H27N3O4S2/c33-29(36)18-34-30(37)28(41-32(34)40)17-21-10-15-27-25(16-21)24-2-1-3-26(24)35(27)23-13-8-20(9-14-23)5-4-19-6-11-22(12-7-19)31(38)39/h4-17,24,26H,1-3,18H2,(H2,33,36)(H,38,39)/b5-4+,28-17+. The largest absolute Gasteiger partial charge is 0.478 e. The predicted octanol–water partition coefficient (Wildman–Crippen LogP) is 6.03. The van der Waals surface area contributed by atoms with Gasteiger partial charge in [0, 0.05) is 23.3 Å². The van der Waals surface area contributed by atoms with E-state index in [9.17, 15) is 14.4 Å². The second-order valence-corrected chi connectivity index (χ2v) is 12.1. The van der Waals surface area contributed by atoms with Crippen LogP contribution in [0, 0.1) is 0 Å². The minimum atomic E-state index is -0.932. The van der Waals surface area contributed by atoms with E-state index in [1.165, 1.54) is 34.3 Å². The average molecular weight is 582 g/mol. The van der Waals surface area contributed by atoms with Gasteiger partial charge in [-0.1, -0.05) is 72.9 Å². The molecule has 2 fully saturated rings. The summed E-state index contributed by atoms with van der Waals surface area (Å²) in [7, 11) is 0. The number of aromatic carboxylic acids is 1. The highest BCUT2D eigenvalue weighted by molar-refractivity contribution is 8.26. The van der Waals surface area contributed by atoms with Crippen molar-refractivity contribution < 1.29 is 19.5 Å². The molecule has 0 aromatic heterocycles. The zero-order chi connectivity index (χ0) is 28.7. The summed E-state index contributed by atoms with van der Waals surface area (Å²) in [5.74, 6) is -1.38. The molecule has 1 aliphatic carbocycles. The van der Waals surface area contributed by atoms with Gasteiger partial charge in [-0.15, -0.1) is 0 Å².